The lowest BCUT2D eigenvalue weighted by molar-refractivity contribution is 0.166. The summed E-state index contributed by atoms with van der Waals surface area (Å²) in [6.07, 6.45) is 0. The van der Waals surface area contributed by atoms with Crippen LogP contribution in [0.25, 0.3) is 0 Å². The molecule has 0 aliphatic rings. The number of rotatable bonds is 11. The first-order valence-corrected chi connectivity index (χ1v) is 7.83. The van der Waals surface area contributed by atoms with E-state index >= 15 is 0 Å². The first kappa shape index (κ1) is 22.0. The maximum atomic E-state index is 10.3. The van der Waals surface area contributed by atoms with Gasteiger partial charge in [0.15, 0.2) is 0 Å². The van der Waals surface area contributed by atoms with E-state index < -0.39 is 10.1 Å². The molecule has 0 heterocycles. The number of hydrogen-bond donors (Lipinski definition) is 6. The number of aliphatic hydroxyl groups is 4. The second-order valence-electron chi connectivity index (χ2n) is 3.77. The molecule has 0 aromatic rings. The Morgan fingerprint density at radius 3 is 1.55 bits per heavy atom. The number of nitrogens with zero attached hydrogens (tertiary/aromatic N) is 1. The molecule has 0 radical (unpaired) electrons. The van der Waals surface area contributed by atoms with Gasteiger partial charge in [-0.15, -0.1) is 0 Å². The minimum Gasteiger partial charge on any atom is -0.395 e. The van der Waals surface area contributed by atoms with E-state index in [1.807, 2.05) is 0 Å². The average molecular weight is 318 g/mol. The molecule has 0 fully saturated rings. The summed E-state index contributed by atoms with van der Waals surface area (Å²) in [6.45, 7) is 1.89. The van der Waals surface area contributed by atoms with Crippen LogP contribution >= 0.6 is 0 Å². The van der Waals surface area contributed by atoms with Gasteiger partial charge in [-0.2, -0.15) is 8.42 Å². The SMILES string of the molecule is O=S(=O)(O)CCN(CCO)CCO.OCCNCCO. The van der Waals surface area contributed by atoms with Gasteiger partial charge in [-0.05, 0) is 0 Å². The Morgan fingerprint density at radius 2 is 1.25 bits per heavy atom. The lowest BCUT2D eigenvalue weighted by atomic mass is 10.5. The molecule has 0 aliphatic carbocycles. The fourth-order valence-corrected chi connectivity index (χ4v) is 1.63. The van der Waals surface area contributed by atoms with Crippen molar-refractivity contribution in [3.63, 3.8) is 0 Å². The second kappa shape index (κ2) is 15.1. The fraction of sp³-hybridized carbons (Fsp3) is 1.00. The molecular weight excluding hydrogens is 292 g/mol. The molecular formula is C10H26N2O7S. The third kappa shape index (κ3) is 20.0. The lowest BCUT2D eigenvalue weighted by Gasteiger charge is -2.18. The standard InChI is InChI=1S/C6H15NO5S.C4H11NO2/c8-4-1-7(2-5-9)3-6-13(10,11)12;6-3-1-5-2-4-7/h8-9H,1-6H2,(H,10,11,12);5-7H,1-4H2. The molecule has 0 atom stereocenters. The van der Waals surface area contributed by atoms with Gasteiger partial charge in [-0.25, -0.2) is 0 Å². The van der Waals surface area contributed by atoms with Crippen LogP contribution in [0.2, 0.25) is 0 Å². The van der Waals surface area contributed by atoms with Gasteiger partial charge in [0.1, 0.15) is 0 Å². The Kier molecular flexibility index (Phi) is 16.5. The minimum atomic E-state index is -3.96. The maximum absolute atomic E-state index is 10.3. The zero-order valence-corrected chi connectivity index (χ0v) is 12.3. The lowest BCUT2D eigenvalue weighted by Crippen LogP contribution is -2.34. The molecule has 20 heavy (non-hydrogen) atoms. The van der Waals surface area contributed by atoms with Gasteiger partial charge in [0.2, 0.25) is 0 Å². The first-order chi connectivity index (χ1) is 9.41. The van der Waals surface area contributed by atoms with E-state index in [2.05, 4.69) is 5.32 Å². The Balaban J connectivity index is 0. The molecule has 0 rings (SSSR count). The van der Waals surface area contributed by atoms with Crippen molar-refractivity contribution in [3.05, 3.63) is 0 Å². The van der Waals surface area contributed by atoms with Crippen LogP contribution in [0, 0.1) is 0 Å². The summed E-state index contributed by atoms with van der Waals surface area (Å²) in [6, 6.07) is 0. The van der Waals surface area contributed by atoms with Crippen molar-refractivity contribution < 1.29 is 33.4 Å². The number of aliphatic hydroxyl groups excluding tert-OH is 4. The van der Waals surface area contributed by atoms with E-state index in [0.29, 0.717) is 13.1 Å². The molecule has 0 amide bonds. The van der Waals surface area contributed by atoms with E-state index in [1.54, 1.807) is 4.90 Å². The predicted octanol–water partition coefficient (Wildman–Crippen LogP) is -3.28. The molecule has 0 saturated heterocycles. The van der Waals surface area contributed by atoms with Crippen LogP contribution in [0.4, 0.5) is 0 Å². The van der Waals surface area contributed by atoms with Crippen LogP contribution in [0.1, 0.15) is 0 Å². The van der Waals surface area contributed by atoms with Gasteiger partial charge < -0.3 is 25.7 Å². The van der Waals surface area contributed by atoms with E-state index in [1.165, 1.54) is 0 Å². The summed E-state index contributed by atoms with van der Waals surface area (Å²) in [5.74, 6) is -0.382. The normalized spacial score (nSPS) is 11.3. The van der Waals surface area contributed by atoms with Crippen molar-refractivity contribution in [3.8, 4) is 0 Å². The van der Waals surface area contributed by atoms with Crippen LogP contribution in [0.15, 0.2) is 0 Å². The molecule has 9 nitrogen and oxygen atoms in total. The largest absolute Gasteiger partial charge is 0.395 e. The Bertz CT molecular complexity index is 277. The van der Waals surface area contributed by atoms with E-state index in [-0.39, 0.29) is 51.8 Å². The molecule has 10 heteroatoms. The second-order valence-corrected chi connectivity index (χ2v) is 5.34. The smallest absolute Gasteiger partial charge is 0.266 e. The van der Waals surface area contributed by atoms with Crippen molar-refractivity contribution in [1.29, 1.82) is 0 Å². The van der Waals surface area contributed by atoms with Crippen LogP contribution in [-0.2, 0) is 10.1 Å². The summed E-state index contributed by atoms with van der Waals surface area (Å²) in [7, 11) is -3.96. The van der Waals surface area contributed by atoms with Crippen LogP contribution in [0.3, 0.4) is 0 Å². The molecule has 124 valence electrons. The Labute approximate surface area is 119 Å². The van der Waals surface area contributed by atoms with Gasteiger partial charge >= 0.3 is 0 Å². The summed E-state index contributed by atoms with van der Waals surface area (Å²) >= 11 is 0. The summed E-state index contributed by atoms with van der Waals surface area (Å²) in [5, 5.41) is 36.2. The molecule has 0 aromatic heterocycles. The summed E-state index contributed by atoms with van der Waals surface area (Å²) in [5.41, 5.74) is 0. The van der Waals surface area contributed by atoms with E-state index in [9.17, 15) is 8.42 Å². The van der Waals surface area contributed by atoms with Gasteiger partial charge in [-0.1, -0.05) is 0 Å². The van der Waals surface area contributed by atoms with Crippen LogP contribution in [0.5, 0.6) is 0 Å². The molecule has 0 saturated carbocycles. The topological polar surface area (TPSA) is 151 Å². The summed E-state index contributed by atoms with van der Waals surface area (Å²) < 4.78 is 29.1. The molecule has 6 N–H and O–H groups in total. The molecule has 0 bridgehead atoms. The van der Waals surface area contributed by atoms with Gasteiger partial charge in [0, 0.05) is 32.7 Å². The van der Waals surface area contributed by atoms with Gasteiger partial charge in [0.05, 0.1) is 32.2 Å². The highest BCUT2D eigenvalue weighted by Gasteiger charge is 2.09. The fourth-order valence-electron chi connectivity index (χ4n) is 1.15. The van der Waals surface area contributed by atoms with Gasteiger partial charge in [0.25, 0.3) is 10.1 Å². The zero-order chi connectivity index (χ0) is 15.9. The van der Waals surface area contributed by atoms with Crippen LogP contribution < -0.4 is 5.32 Å². The van der Waals surface area contributed by atoms with Gasteiger partial charge in [-0.3, -0.25) is 9.45 Å². The zero-order valence-electron chi connectivity index (χ0n) is 11.5. The van der Waals surface area contributed by atoms with Crippen molar-refractivity contribution >= 4 is 10.1 Å². The molecule has 0 unspecified atom stereocenters. The maximum Gasteiger partial charge on any atom is 0.266 e. The molecule has 0 spiro atoms. The molecule has 0 aliphatic heterocycles. The first-order valence-electron chi connectivity index (χ1n) is 6.23. The molecule has 0 aromatic carbocycles. The highest BCUT2D eigenvalue weighted by atomic mass is 32.2. The van der Waals surface area contributed by atoms with Crippen molar-refractivity contribution in [1.82, 2.24) is 10.2 Å². The van der Waals surface area contributed by atoms with E-state index in [0.717, 1.165) is 0 Å². The van der Waals surface area contributed by atoms with E-state index in [4.69, 9.17) is 25.0 Å². The Hall–Kier alpha value is -0.330. The van der Waals surface area contributed by atoms with Crippen molar-refractivity contribution in [2.24, 2.45) is 0 Å². The number of nitrogens with one attached hydrogen (secondary N) is 1. The third-order valence-corrected chi connectivity index (χ3v) is 2.77. The monoisotopic (exact) mass is 318 g/mol. The highest BCUT2D eigenvalue weighted by Crippen LogP contribution is 1.90. The van der Waals surface area contributed by atoms with Crippen LogP contribution in [-0.4, -0.2) is 103 Å². The average Bonchev–Trinajstić information content (AvgIpc) is 2.37. The quantitative estimate of drug-likeness (QED) is 0.170. The minimum absolute atomic E-state index is 0.106. The third-order valence-electron chi connectivity index (χ3n) is 2.08. The Morgan fingerprint density at radius 1 is 0.800 bits per heavy atom. The van der Waals surface area contributed by atoms with Crippen molar-refractivity contribution in [2.75, 3.05) is 64.9 Å². The predicted molar refractivity (Wildman–Crippen MR) is 74.1 cm³/mol. The number of hydrogen-bond acceptors (Lipinski definition) is 8. The highest BCUT2D eigenvalue weighted by molar-refractivity contribution is 7.85. The summed E-state index contributed by atoms with van der Waals surface area (Å²) in [4.78, 5) is 1.55. The van der Waals surface area contributed by atoms with Crippen molar-refractivity contribution in [2.45, 2.75) is 0 Å².